The normalized spacial score (nSPS) is 27.7. The van der Waals surface area contributed by atoms with Crippen LogP contribution < -0.4 is 0 Å². The van der Waals surface area contributed by atoms with Crippen LogP contribution in [0.15, 0.2) is 15.9 Å². The Labute approximate surface area is 118 Å². The average Bonchev–Trinajstić information content (AvgIpc) is 2.88. The van der Waals surface area contributed by atoms with E-state index in [0.717, 1.165) is 34.3 Å². The standard InChI is InChI=1S/C13H14BrNO2S/c14-11-6-5-8(18-11)7-15-12(16)9-3-1-2-4-10(9)13(15)17/h5-6,9-10H,1-4,7H2. The first-order valence-corrected chi connectivity index (χ1v) is 7.87. The van der Waals surface area contributed by atoms with Gasteiger partial charge in [0.2, 0.25) is 11.8 Å². The van der Waals surface area contributed by atoms with Crippen LogP contribution >= 0.6 is 27.3 Å². The number of carbonyl (C=O) groups excluding carboxylic acids is 2. The van der Waals surface area contributed by atoms with Gasteiger partial charge >= 0.3 is 0 Å². The summed E-state index contributed by atoms with van der Waals surface area (Å²) < 4.78 is 1.04. The molecule has 18 heavy (non-hydrogen) atoms. The van der Waals surface area contributed by atoms with E-state index in [4.69, 9.17) is 0 Å². The molecule has 3 nitrogen and oxygen atoms in total. The van der Waals surface area contributed by atoms with Crippen molar-refractivity contribution in [2.45, 2.75) is 32.2 Å². The molecule has 1 saturated heterocycles. The second kappa shape index (κ2) is 4.78. The van der Waals surface area contributed by atoms with Crippen LogP contribution in [-0.2, 0) is 16.1 Å². The van der Waals surface area contributed by atoms with Gasteiger partial charge in [0, 0.05) is 4.88 Å². The fraction of sp³-hybridized carbons (Fsp3) is 0.538. The molecule has 3 rings (SSSR count). The maximum Gasteiger partial charge on any atom is 0.233 e. The number of halogens is 1. The smallest absolute Gasteiger partial charge is 0.233 e. The number of likely N-dealkylation sites (tertiary alicyclic amines) is 1. The number of amides is 2. The lowest BCUT2D eigenvalue weighted by Crippen LogP contribution is -2.30. The summed E-state index contributed by atoms with van der Waals surface area (Å²) in [5.74, 6) is 0.0350. The third kappa shape index (κ3) is 2.03. The van der Waals surface area contributed by atoms with Crippen LogP contribution in [0.5, 0.6) is 0 Å². The van der Waals surface area contributed by atoms with Crippen molar-refractivity contribution in [3.05, 3.63) is 20.8 Å². The molecule has 2 amide bonds. The second-order valence-electron chi connectivity index (χ2n) is 4.97. The van der Waals surface area contributed by atoms with Gasteiger partial charge in [0.25, 0.3) is 0 Å². The number of thiophene rings is 1. The van der Waals surface area contributed by atoms with Gasteiger partial charge in [0.05, 0.1) is 22.2 Å². The summed E-state index contributed by atoms with van der Waals surface area (Å²) in [4.78, 5) is 27.0. The Balaban J connectivity index is 1.80. The number of fused-ring (bicyclic) bond motifs is 1. The van der Waals surface area contributed by atoms with E-state index in [1.807, 2.05) is 12.1 Å². The molecule has 0 radical (unpaired) electrons. The molecule has 2 unspecified atom stereocenters. The molecule has 96 valence electrons. The van der Waals surface area contributed by atoms with Gasteiger partial charge < -0.3 is 0 Å². The third-order valence-electron chi connectivity index (χ3n) is 3.88. The van der Waals surface area contributed by atoms with Gasteiger partial charge in [0.15, 0.2) is 0 Å². The second-order valence-corrected chi connectivity index (χ2v) is 7.51. The maximum atomic E-state index is 12.3. The number of carbonyl (C=O) groups is 2. The fourth-order valence-electron chi connectivity index (χ4n) is 2.98. The van der Waals surface area contributed by atoms with Gasteiger partial charge in [-0.15, -0.1) is 11.3 Å². The number of nitrogens with zero attached hydrogens (tertiary/aromatic N) is 1. The van der Waals surface area contributed by atoms with Crippen molar-refractivity contribution >= 4 is 39.1 Å². The van der Waals surface area contributed by atoms with Gasteiger partial charge in [-0.05, 0) is 40.9 Å². The Kier molecular flexibility index (Phi) is 3.28. The quantitative estimate of drug-likeness (QED) is 0.782. The van der Waals surface area contributed by atoms with Crippen molar-refractivity contribution in [2.24, 2.45) is 11.8 Å². The summed E-state index contributed by atoms with van der Waals surface area (Å²) in [7, 11) is 0. The fourth-order valence-corrected chi connectivity index (χ4v) is 4.45. The zero-order valence-corrected chi connectivity index (χ0v) is 12.3. The molecule has 2 atom stereocenters. The Morgan fingerprint density at radius 1 is 1.17 bits per heavy atom. The van der Waals surface area contributed by atoms with Crippen LogP contribution in [0, 0.1) is 11.8 Å². The lowest BCUT2D eigenvalue weighted by molar-refractivity contribution is -0.140. The maximum absolute atomic E-state index is 12.3. The molecular formula is C13H14BrNO2S. The minimum atomic E-state index is -0.0327. The zero-order valence-electron chi connectivity index (χ0n) is 9.89. The minimum Gasteiger partial charge on any atom is -0.277 e. The first-order valence-electron chi connectivity index (χ1n) is 6.26. The number of imide groups is 1. The van der Waals surface area contributed by atoms with Crippen molar-refractivity contribution in [2.75, 3.05) is 0 Å². The van der Waals surface area contributed by atoms with Gasteiger partial charge in [-0.2, -0.15) is 0 Å². The van der Waals surface area contributed by atoms with Crippen LogP contribution in [0.4, 0.5) is 0 Å². The van der Waals surface area contributed by atoms with E-state index in [9.17, 15) is 9.59 Å². The SMILES string of the molecule is O=C1C2CCCCC2C(=O)N1Cc1ccc(Br)s1. The van der Waals surface area contributed by atoms with Gasteiger partial charge in [0.1, 0.15) is 0 Å². The highest BCUT2D eigenvalue weighted by Gasteiger charge is 2.47. The molecule has 1 saturated carbocycles. The Morgan fingerprint density at radius 2 is 1.78 bits per heavy atom. The predicted octanol–water partition coefficient (Wildman–Crippen LogP) is 3.19. The molecule has 0 bridgehead atoms. The summed E-state index contributed by atoms with van der Waals surface area (Å²) in [5, 5.41) is 0. The number of hydrogen-bond donors (Lipinski definition) is 0. The molecule has 2 fully saturated rings. The highest BCUT2D eigenvalue weighted by Crippen LogP contribution is 2.39. The molecule has 1 aromatic heterocycles. The first kappa shape index (κ1) is 12.4. The molecular weight excluding hydrogens is 314 g/mol. The van der Waals surface area contributed by atoms with E-state index < -0.39 is 0 Å². The van der Waals surface area contributed by atoms with Crippen LogP contribution in [-0.4, -0.2) is 16.7 Å². The first-order chi connectivity index (χ1) is 8.66. The monoisotopic (exact) mass is 327 g/mol. The van der Waals surface area contributed by atoms with Crippen molar-refractivity contribution in [3.8, 4) is 0 Å². The van der Waals surface area contributed by atoms with E-state index >= 15 is 0 Å². The van der Waals surface area contributed by atoms with Crippen LogP contribution in [0.25, 0.3) is 0 Å². The predicted molar refractivity (Wildman–Crippen MR) is 73.0 cm³/mol. The average molecular weight is 328 g/mol. The largest absolute Gasteiger partial charge is 0.277 e. The van der Waals surface area contributed by atoms with Gasteiger partial charge in [-0.25, -0.2) is 0 Å². The molecule has 1 aromatic rings. The van der Waals surface area contributed by atoms with Gasteiger partial charge in [-0.1, -0.05) is 12.8 Å². The van der Waals surface area contributed by atoms with Crippen LogP contribution in [0.1, 0.15) is 30.6 Å². The van der Waals surface area contributed by atoms with E-state index in [1.54, 1.807) is 11.3 Å². The molecule has 2 aliphatic rings. The molecule has 5 heteroatoms. The molecule has 0 spiro atoms. The third-order valence-corrected chi connectivity index (χ3v) is 5.48. The topological polar surface area (TPSA) is 37.4 Å². The highest BCUT2D eigenvalue weighted by atomic mass is 79.9. The van der Waals surface area contributed by atoms with E-state index in [0.29, 0.717) is 6.54 Å². The summed E-state index contributed by atoms with van der Waals surface area (Å²) in [5.41, 5.74) is 0. The zero-order chi connectivity index (χ0) is 12.7. The molecule has 1 aliphatic carbocycles. The molecule has 2 heterocycles. The highest BCUT2D eigenvalue weighted by molar-refractivity contribution is 9.11. The van der Waals surface area contributed by atoms with E-state index in [1.165, 1.54) is 4.90 Å². The van der Waals surface area contributed by atoms with Crippen molar-refractivity contribution < 1.29 is 9.59 Å². The van der Waals surface area contributed by atoms with E-state index in [2.05, 4.69) is 15.9 Å². The van der Waals surface area contributed by atoms with Crippen molar-refractivity contribution in [3.63, 3.8) is 0 Å². The minimum absolute atomic E-state index is 0.0327. The van der Waals surface area contributed by atoms with Crippen LogP contribution in [0.3, 0.4) is 0 Å². The number of hydrogen-bond acceptors (Lipinski definition) is 3. The Morgan fingerprint density at radius 3 is 2.28 bits per heavy atom. The van der Waals surface area contributed by atoms with Crippen LogP contribution in [0.2, 0.25) is 0 Å². The Bertz CT molecular complexity index is 475. The summed E-state index contributed by atoms with van der Waals surface area (Å²) in [6.45, 7) is 0.445. The Hall–Kier alpha value is -0.680. The number of rotatable bonds is 2. The van der Waals surface area contributed by atoms with E-state index in [-0.39, 0.29) is 23.7 Å². The van der Waals surface area contributed by atoms with Crippen molar-refractivity contribution in [1.82, 2.24) is 4.90 Å². The van der Waals surface area contributed by atoms with Crippen molar-refractivity contribution in [1.29, 1.82) is 0 Å². The lowest BCUT2D eigenvalue weighted by Gasteiger charge is -2.19. The summed E-state index contributed by atoms with van der Waals surface area (Å²) in [6.07, 6.45) is 3.94. The van der Waals surface area contributed by atoms with Gasteiger partial charge in [-0.3, -0.25) is 14.5 Å². The lowest BCUT2D eigenvalue weighted by atomic mass is 9.81. The summed E-state index contributed by atoms with van der Waals surface area (Å²) in [6, 6.07) is 3.93. The molecule has 0 N–H and O–H groups in total. The molecule has 1 aliphatic heterocycles. The molecule has 0 aromatic carbocycles. The summed E-state index contributed by atoms with van der Waals surface area (Å²) >= 11 is 4.99.